The summed E-state index contributed by atoms with van der Waals surface area (Å²) >= 11 is 6.11. The van der Waals surface area contributed by atoms with E-state index >= 15 is 0 Å². The second-order valence-electron chi connectivity index (χ2n) is 7.27. The molecule has 1 aliphatic rings. The molecule has 1 N–H and O–H groups in total. The summed E-state index contributed by atoms with van der Waals surface area (Å²) in [5.41, 5.74) is 1.61. The van der Waals surface area contributed by atoms with Crippen LogP contribution >= 0.6 is 11.6 Å². The van der Waals surface area contributed by atoms with Crippen LogP contribution in [0.4, 0.5) is 0 Å². The Hall–Kier alpha value is -0.530. The van der Waals surface area contributed by atoms with Crippen molar-refractivity contribution in [1.29, 1.82) is 0 Å². The van der Waals surface area contributed by atoms with Gasteiger partial charge in [-0.3, -0.25) is 0 Å². The monoisotopic (exact) mass is 293 g/mol. The molecule has 0 aromatic heterocycles. The van der Waals surface area contributed by atoms with Gasteiger partial charge in [-0.1, -0.05) is 36.6 Å². The van der Waals surface area contributed by atoms with Crippen LogP contribution in [0.3, 0.4) is 0 Å². The van der Waals surface area contributed by atoms with Crippen LogP contribution in [0.5, 0.6) is 0 Å². The molecule has 0 saturated heterocycles. The molecule has 1 aromatic carbocycles. The number of halogens is 1. The highest BCUT2D eigenvalue weighted by atomic mass is 35.5. The summed E-state index contributed by atoms with van der Waals surface area (Å²) in [6, 6.07) is 8.38. The molecule has 2 heteroatoms. The molecule has 0 amide bonds. The van der Waals surface area contributed by atoms with E-state index in [2.05, 4.69) is 44.3 Å². The van der Waals surface area contributed by atoms with Gasteiger partial charge in [0.25, 0.3) is 0 Å². The normalized spacial score (nSPS) is 23.8. The summed E-state index contributed by atoms with van der Waals surface area (Å²) < 4.78 is 0. The van der Waals surface area contributed by atoms with Gasteiger partial charge in [0.1, 0.15) is 0 Å². The van der Waals surface area contributed by atoms with Crippen LogP contribution in [0.1, 0.15) is 52.0 Å². The first kappa shape index (κ1) is 15.9. The van der Waals surface area contributed by atoms with Crippen LogP contribution in [-0.4, -0.2) is 12.1 Å². The minimum Gasteiger partial charge on any atom is -0.312 e. The zero-order valence-electron chi connectivity index (χ0n) is 13.1. The maximum atomic E-state index is 6.11. The predicted molar refractivity (Wildman–Crippen MR) is 88.4 cm³/mol. The predicted octanol–water partition coefficient (Wildman–Crippen LogP) is 5.08. The van der Waals surface area contributed by atoms with Gasteiger partial charge in [-0.25, -0.2) is 0 Å². The summed E-state index contributed by atoms with van der Waals surface area (Å²) in [4.78, 5) is 0. The lowest BCUT2D eigenvalue weighted by atomic mass is 9.76. The lowest BCUT2D eigenvalue weighted by Gasteiger charge is -2.34. The van der Waals surface area contributed by atoms with Gasteiger partial charge < -0.3 is 5.32 Å². The maximum absolute atomic E-state index is 6.11. The standard InChI is InChI=1S/C18H28ClN/c1-18(2,3)20-13-16-9-5-4-8-15(16)11-14-7-6-10-17(19)12-14/h6-7,10,12,15-16,20H,4-5,8-9,11,13H2,1-3H3. The van der Waals surface area contributed by atoms with Crippen LogP contribution in [0.25, 0.3) is 0 Å². The van der Waals surface area contributed by atoms with Gasteiger partial charge in [0.2, 0.25) is 0 Å². The van der Waals surface area contributed by atoms with Crippen molar-refractivity contribution in [3.8, 4) is 0 Å². The van der Waals surface area contributed by atoms with E-state index in [9.17, 15) is 0 Å². The van der Waals surface area contributed by atoms with E-state index in [1.165, 1.54) is 37.7 Å². The molecule has 0 bridgehead atoms. The molecular weight excluding hydrogens is 266 g/mol. The average molecular weight is 294 g/mol. The van der Waals surface area contributed by atoms with Gasteiger partial charge >= 0.3 is 0 Å². The molecular formula is C18H28ClN. The fourth-order valence-corrected chi connectivity index (χ4v) is 3.44. The smallest absolute Gasteiger partial charge is 0.0408 e. The van der Waals surface area contributed by atoms with E-state index in [0.29, 0.717) is 0 Å². The van der Waals surface area contributed by atoms with E-state index in [1.54, 1.807) is 0 Å². The third-order valence-corrected chi connectivity index (χ3v) is 4.58. The number of nitrogens with one attached hydrogen (secondary N) is 1. The highest BCUT2D eigenvalue weighted by Gasteiger charge is 2.26. The van der Waals surface area contributed by atoms with Gasteiger partial charge in [-0.15, -0.1) is 0 Å². The van der Waals surface area contributed by atoms with Crippen molar-refractivity contribution in [1.82, 2.24) is 5.32 Å². The highest BCUT2D eigenvalue weighted by Crippen LogP contribution is 2.33. The first-order chi connectivity index (χ1) is 9.44. The van der Waals surface area contributed by atoms with Crippen LogP contribution in [0.15, 0.2) is 24.3 Å². The Balaban J connectivity index is 1.96. The Morgan fingerprint density at radius 3 is 2.50 bits per heavy atom. The molecule has 1 fully saturated rings. The third-order valence-electron chi connectivity index (χ3n) is 4.35. The molecule has 20 heavy (non-hydrogen) atoms. The Labute approximate surface area is 129 Å². The second kappa shape index (κ2) is 6.95. The minimum absolute atomic E-state index is 0.220. The van der Waals surface area contributed by atoms with E-state index in [4.69, 9.17) is 11.6 Å². The maximum Gasteiger partial charge on any atom is 0.0408 e. The van der Waals surface area contributed by atoms with E-state index in [-0.39, 0.29) is 5.54 Å². The molecule has 2 atom stereocenters. The van der Waals surface area contributed by atoms with Crippen molar-refractivity contribution in [2.45, 2.75) is 58.4 Å². The Morgan fingerprint density at radius 2 is 1.85 bits per heavy atom. The Kier molecular flexibility index (Phi) is 5.51. The molecule has 1 nitrogen and oxygen atoms in total. The van der Waals surface area contributed by atoms with Crippen molar-refractivity contribution in [3.05, 3.63) is 34.9 Å². The first-order valence-corrected chi connectivity index (χ1v) is 8.31. The minimum atomic E-state index is 0.220. The number of rotatable bonds is 4. The molecule has 1 saturated carbocycles. The quantitative estimate of drug-likeness (QED) is 0.816. The summed E-state index contributed by atoms with van der Waals surface area (Å²) in [6.07, 6.45) is 6.69. The van der Waals surface area contributed by atoms with Gasteiger partial charge in [0, 0.05) is 10.6 Å². The van der Waals surface area contributed by atoms with Crippen molar-refractivity contribution < 1.29 is 0 Å². The topological polar surface area (TPSA) is 12.0 Å². The number of hydrogen-bond acceptors (Lipinski definition) is 1. The van der Waals surface area contributed by atoms with Gasteiger partial charge in [0.05, 0.1) is 0 Å². The van der Waals surface area contributed by atoms with Crippen molar-refractivity contribution in [2.75, 3.05) is 6.54 Å². The van der Waals surface area contributed by atoms with Crippen molar-refractivity contribution >= 4 is 11.6 Å². The van der Waals surface area contributed by atoms with Gasteiger partial charge in [-0.2, -0.15) is 0 Å². The van der Waals surface area contributed by atoms with Crippen molar-refractivity contribution in [3.63, 3.8) is 0 Å². The Bertz CT molecular complexity index is 422. The SMILES string of the molecule is CC(C)(C)NCC1CCCCC1Cc1cccc(Cl)c1. The molecule has 1 aromatic rings. The molecule has 0 aliphatic heterocycles. The molecule has 0 radical (unpaired) electrons. The van der Waals surface area contributed by atoms with E-state index < -0.39 is 0 Å². The van der Waals surface area contributed by atoms with Gasteiger partial charge in [-0.05, 0) is 76.1 Å². The highest BCUT2D eigenvalue weighted by molar-refractivity contribution is 6.30. The first-order valence-electron chi connectivity index (χ1n) is 7.93. The number of hydrogen-bond donors (Lipinski definition) is 1. The number of benzene rings is 1. The third kappa shape index (κ3) is 5.10. The Morgan fingerprint density at radius 1 is 1.15 bits per heavy atom. The van der Waals surface area contributed by atoms with Crippen LogP contribution in [-0.2, 0) is 6.42 Å². The van der Waals surface area contributed by atoms with Gasteiger partial charge in [0.15, 0.2) is 0 Å². The second-order valence-corrected chi connectivity index (χ2v) is 7.71. The fourth-order valence-electron chi connectivity index (χ4n) is 3.23. The molecule has 0 spiro atoms. The lowest BCUT2D eigenvalue weighted by Crippen LogP contribution is -2.41. The van der Waals surface area contributed by atoms with E-state index in [1.807, 2.05) is 6.07 Å². The van der Waals surface area contributed by atoms with Crippen LogP contribution < -0.4 is 5.32 Å². The molecule has 112 valence electrons. The largest absolute Gasteiger partial charge is 0.312 e. The molecule has 2 rings (SSSR count). The van der Waals surface area contributed by atoms with Crippen molar-refractivity contribution in [2.24, 2.45) is 11.8 Å². The zero-order valence-corrected chi connectivity index (χ0v) is 13.8. The van der Waals surface area contributed by atoms with Crippen LogP contribution in [0.2, 0.25) is 5.02 Å². The molecule has 0 heterocycles. The molecule has 2 unspecified atom stereocenters. The summed E-state index contributed by atoms with van der Waals surface area (Å²) in [6.45, 7) is 7.90. The van der Waals surface area contributed by atoms with Crippen LogP contribution in [0, 0.1) is 11.8 Å². The zero-order chi connectivity index (χ0) is 14.6. The summed E-state index contributed by atoms with van der Waals surface area (Å²) in [5.74, 6) is 1.61. The summed E-state index contributed by atoms with van der Waals surface area (Å²) in [7, 11) is 0. The summed E-state index contributed by atoms with van der Waals surface area (Å²) in [5, 5.41) is 4.56. The molecule has 1 aliphatic carbocycles. The van der Waals surface area contributed by atoms with E-state index in [0.717, 1.165) is 23.4 Å². The average Bonchev–Trinajstić information content (AvgIpc) is 2.37. The lowest BCUT2D eigenvalue weighted by molar-refractivity contribution is 0.213. The fraction of sp³-hybridized carbons (Fsp3) is 0.667.